The van der Waals surface area contributed by atoms with Gasteiger partial charge in [0.25, 0.3) is 0 Å². The van der Waals surface area contributed by atoms with E-state index in [1.54, 1.807) is 11.1 Å². The third-order valence-corrected chi connectivity index (χ3v) is 7.13. The smallest absolute Gasteiger partial charge is 0.0590 e. The molecule has 0 bridgehead atoms. The molecule has 0 N–H and O–H groups in total. The number of fused-ring (bicyclic) bond motifs is 2. The molecule has 0 unspecified atom stereocenters. The molecule has 0 radical (unpaired) electrons. The third kappa shape index (κ3) is 4.93. The number of ether oxygens (including phenoxy) is 1. The molecular formula is C26H37N3O. The molecule has 2 fully saturated rings. The standard InChI is InChI=1S/C26H37N3O/c1-30-21-20-29-19-12-24-9-3-2-4-10-25(24)26(29)13-6-16-28(17-7-14-26)18-11-23-8-5-15-27-22-23/h2-3,5,8-10,15,22H,4,6-7,11-14,16-21H2,1H3. The second-order valence-electron chi connectivity index (χ2n) is 8.90. The number of likely N-dealkylation sites (tertiary alicyclic amines) is 2. The van der Waals surface area contributed by atoms with Gasteiger partial charge in [-0.05, 0) is 80.8 Å². The molecule has 1 aromatic heterocycles. The van der Waals surface area contributed by atoms with Crippen LogP contribution >= 0.6 is 0 Å². The summed E-state index contributed by atoms with van der Waals surface area (Å²) in [5.41, 5.74) is 4.74. The number of hydrogen-bond donors (Lipinski definition) is 0. The molecule has 1 aliphatic carbocycles. The summed E-state index contributed by atoms with van der Waals surface area (Å²) in [7, 11) is 1.83. The minimum atomic E-state index is 0.198. The number of piperidine rings is 1. The lowest BCUT2D eigenvalue weighted by atomic mass is 9.72. The summed E-state index contributed by atoms with van der Waals surface area (Å²) in [6.07, 6.45) is 21.7. The van der Waals surface area contributed by atoms with Gasteiger partial charge in [0.15, 0.2) is 0 Å². The summed E-state index contributed by atoms with van der Waals surface area (Å²) >= 11 is 0. The second kappa shape index (κ2) is 10.5. The van der Waals surface area contributed by atoms with Crippen molar-refractivity contribution < 1.29 is 4.74 Å². The SMILES string of the molecule is COCCN1CCC2=CC=CCC=C2C12CCCN(CCc1cccnc1)CCC2. The molecule has 0 atom stereocenters. The average molecular weight is 408 g/mol. The molecule has 162 valence electrons. The minimum absolute atomic E-state index is 0.198. The van der Waals surface area contributed by atoms with Crippen LogP contribution < -0.4 is 0 Å². The highest BCUT2D eigenvalue weighted by molar-refractivity contribution is 5.46. The molecule has 30 heavy (non-hydrogen) atoms. The topological polar surface area (TPSA) is 28.6 Å². The average Bonchev–Trinajstić information content (AvgIpc) is 3.01. The monoisotopic (exact) mass is 407 g/mol. The molecule has 3 heterocycles. The van der Waals surface area contributed by atoms with Crippen molar-refractivity contribution >= 4 is 0 Å². The third-order valence-electron chi connectivity index (χ3n) is 7.13. The fourth-order valence-electron chi connectivity index (χ4n) is 5.61. The van der Waals surface area contributed by atoms with E-state index < -0.39 is 0 Å². The van der Waals surface area contributed by atoms with Gasteiger partial charge in [-0.1, -0.05) is 30.4 Å². The number of aromatic nitrogens is 1. The Labute approximate surface area is 182 Å². The largest absolute Gasteiger partial charge is 0.383 e. The van der Waals surface area contributed by atoms with E-state index in [1.807, 2.05) is 25.6 Å². The summed E-state index contributed by atoms with van der Waals surface area (Å²) in [5.74, 6) is 0. The van der Waals surface area contributed by atoms with E-state index in [4.69, 9.17) is 4.74 Å². The molecule has 0 saturated carbocycles. The van der Waals surface area contributed by atoms with Crippen LogP contribution in [-0.4, -0.2) is 66.8 Å². The summed E-state index contributed by atoms with van der Waals surface area (Å²) < 4.78 is 5.48. The van der Waals surface area contributed by atoms with Gasteiger partial charge in [0.2, 0.25) is 0 Å². The van der Waals surface area contributed by atoms with Crippen molar-refractivity contribution in [2.24, 2.45) is 0 Å². The summed E-state index contributed by atoms with van der Waals surface area (Å²) in [6, 6.07) is 4.24. The van der Waals surface area contributed by atoms with Crippen LogP contribution in [-0.2, 0) is 11.2 Å². The molecule has 0 aromatic carbocycles. The summed E-state index contributed by atoms with van der Waals surface area (Å²) in [5, 5.41) is 0. The molecule has 1 aromatic rings. The molecule has 4 nitrogen and oxygen atoms in total. The van der Waals surface area contributed by atoms with Crippen molar-refractivity contribution in [1.29, 1.82) is 0 Å². The van der Waals surface area contributed by atoms with Gasteiger partial charge < -0.3 is 9.64 Å². The van der Waals surface area contributed by atoms with Crippen LogP contribution in [0.25, 0.3) is 0 Å². The second-order valence-corrected chi connectivity index (χ2v) is 8.90. The van der Waals surface area contributed by atoms with Crippen LogP contribution in [0.15, 0.2) is 60.0 Å². The van der Waals surface area contributed by atoms with Crippen LogP contribution in [0.4, 0.5) is 0 Å². The van der Waals surface area contributed by atoms with Crippen molar-refractivity contribution in [2.75, 3.05) is 46.4 Å². The Morgan fingerprint density at radius 2 is 2.00 bits per heavy atom. The molecule has 1 spiro atoms. The van der Waals surface area contributed by atoms with Gasteiger partial charge in [-0.2, -0.15) is 0 Å². The first kappa shape index (κ1) is 21.5. The van der Waals surface area contributed by atoms with E-state index in [0.29, 0.717) is 0 Å². The Hall–Kier alpha value is -1.75. The first-order valence-electron chi connectivity index (χ1n) is 11.7. The van der Waals surface area contributed by atoms with Crippen molar-refractivity contribution in [3.63, 3.8) is 0 Å². The minimum Gasteiger partial charge on any atom is -0.383 e. The van der Waals surface area contributed by atoms with Crippen LogP contribution in [0.3, 0.4) is 0 Å². The Morgan fingerprint density at radius 1 is 1.13 bits per heavy atom. The predicted molar refractivity (Wildman–Crippen MR) is 124 cm³/mol. The number of nitrogens with zero attached hydrogens (tertiary/aromatic N) is 3. The number of methoxy groups -OCH3 is 1. The normalized spacial score (nSPS) is 22.6. The molecule has 2 aliphatic heterocycles. The zero-order chi connectivity index (χ0) is 20.7. The number of allylic oxidation sites excluding steroid dienone is 4. The van der Waals surface area contributed by atoms with Gasteiger partial charge in [0.1, 0.15) is 0 Å². The highest BCUT2D eigenvalue weighted by Crippen LogP contribution is 2.44. The lowest BCUT2D eigenvalue weighted by Crippen LogP contribution is -2.56. The van der Waals surface area contributed by atoms with Crippen LogP contribution in [0.5, 0.6) is 0 Å². The molecule has 4 rings (SSSR count). The van der Waals surface area contributed by atoms with Crippen molar-refractivity contribution in [1.82, 2.24) is 14.8 Å². The maximum absolute atomic E-state index is 5.48. The Bertz CT molecular complexity index is 758. The van der Waals surface area contributed by atoms with E-state index in [9.17, 15) is 0 Å². The van der Waals surface area contributed by atoms with Crippen LogP contribution in [0.2, 0.25) is 0 Å². The Morgan fingerprint density at radius 3 is 2.77 bits per heavy atom. The van der Waals surface area contributed by atoms with Crippen molar-refractivity contribution in [3.8, 4) is 0 Å². The van der Waals surface area contributed by atoms with Gasteiger partial charge in [-0.25, -0.2) is 0 Å². The van der Waals surface area contributed by atoms with E-state index in [0.717, 1.165) is 39.1 Å². The van der Waals surface area contributed by atoms with E-state index in [2.05, 4.69) is 45.2 Å². The predicted octanol–water partition coefficient (Wildman–Crippen LogP) is 4.40. The molecular weight excluding hydrogens is 370 g/mol. The maximum atomic E-state index is 5.48. The Balaban J connectivity index is 1.45. The van der Waals surface area contributed by atoms with E-state index >= 15 is 0 Å². The zero-order valence-electron chi connectivity index (χ0n) is 18.6. The lowest BCUT2D eigenvalue weighted by molar-refractivity contribution is 0.0443. The zero-order valence-corrected chi connectivity index (χ0v) is 18.6. The van der Waals surface area contributed by atoms with Crippen LogP contribution in [0, 0.1) is 0 Å². The van der Waals surface area contributed by atoms with Gasteiger partial charge >= 0.3 is 0 Å². The van der Waals surface area contributed by atoms with E-state index in [1.165, 1.54) is 50.8 Å². The first-order chi connectivity index (χ1) is 14.8. The van der Waals surface area contributed by atoms with Crippen molar-refractivity contribution in [3.05, 3.63) is 65.5 Å². The Kier molecular flexibility index (Phi) is 7.53. The van der Waals surface area contributed by atoms with Gasteiger partial charge in [0, 0.05) is 44.7 Å². The quantitative estimate of drug-likeness (QED) is 0.699. The fourth-order valence-corrected chi connectivity index (χ4v) is 5.61. The lowest BCUT2D eigenvalue weighted by Gasteiger charge is -2.51. The number of hydrogen-bond acceptors (Lipinski definition) is 4. The first-order valence-corrected chi connectivity index (χ1v) is 11.7. The molecule has 3 aliphatic rings. The highest BCUT2D eigenvalue weighted by atomic mass is 16.5. The number of pyridine rings is 1. The maximum Gasteiger partial charge on any atom is 0.0590 e. The summed E-state index contributed by atoms with van der Waals surface area (Å²) in [6.45, 7) is 6.56. The highest BCUT2D eigenvalue weighted by Gasteiger charge is 2.43. The molecule has 2 saturated heterocycles. The van der Waals surface area contributed by atoms with Gasteiger partial charge in [0.05, 0.1) is 6.61 Å². The van der Waals surface area contributed by atoms with Gasteiger partial charge in [-0.15, -0.1) is 0 Å². The fraction of sp³-hybridized carbons (Fsp3) is 0.577. The van der Waals surface area contributed by atoms with Crippen LogP contribution in [0.1, 0.15) is 44.1 Å². The molecule has 0 amide bonds. The number of rotatable bonds is 6. The van der Waals surface area contributed by atoms with Crippen molar-refractivity contribution in [2.45, 2.75) is 50.5 Å². The van der Waals surface area contributed by atoms with Gasteiger partial charge in [-0.3, -0.25) is 9.88 Å². The molecule has 4 heteroatoms. The van der Waals surface area contributed by atoms with E-state index in [-0.39, 0.29) is 5.54 Å². The summed E-state index contributed by atoms with van der Waals surface area (Å²) in [4.78, 5) is 9.70.